The third-order valence-electron chi connectivity index (χ3n) is 4.36. The van der Waals surface area contributed by atoms with Gasteiger partial charge >= 0.3 is 0 Å². The molecule has 0 saturated carbocycles. The molecule has 2 aromatic rings. The minimum Gasteiger partial charge on any atom is -0.337 e. The van der Waals surface area contributed by atoms with Gasteiger partial charge in [-0.1, -0.05) is 35.5 Å². The highest BCUT2D eigenvalue weighted by Gasteiger charge is 2.24. The summed E-state index contributed by atoms with van der Waals surface area (Å²) in [4.78, 5) is 14.4. The Morgan fingerprint density at radius 1 is 1.30 bits per heavy atom. The standard InChI is InChI=1S/C17H23N5O/c1-21(15-8-5-10-18-11-9-15)17(23)16-13-22(20-19-16)12-14-6-3-2-4-7-14/h2-4,6-7,13,15,18H,5,8-12H2,1H3. The van der Waals surface area contributed by atoms with E-state index in [4.69, 9.17) is 0 Å². The van der Waals surface area contributed by atoms with Crippen LogP contribution in [0.2, 0.25) is 0 Å². The third-order valence-corrected chi connectivity index (χ3v) is 4.36. The topological polar surface area (TPSA) is 63.1 Å². The molecule has 1 aromatic heterocycles. The number of amides is 1. The Labute approximate surface area is 136 Å². The molecule has 1 aliphatic heterocycles. The van der Waals surface area contributed by atoms with Gasteiger partial charge in [0.25, 0.3) is 5.91 Å². The first-order valence-corrected chi connectivity index (χ1v) is 8.16. The van der Waals surface area contributed by atoms with Crippen LogP contribution in [0, 0.1) is 0 Å². The van der Waals surface area contributed by atoms with Gasteiger partial charge in [0.05, 0.1) is 12.7 Å². The summed E-state index contributed by atoms with van der Waals surface area (Å²) >= 11 is 0. The molecular formula is C17H23N5O. The first-order valence-electron chi connectivity index (χ1n) is 8.16. The van der Waals surface area contributed by atoms with E-state index in [1.54, 1.807) is 10.9 Å². The Kier molecular flexibility index (Phi) is 5.02. The third kappa shape index (κ3) is 3.96. The quantitative estimate of drug-likeness (QED) is 0.930. The van der Waals surface area contributed by atoms with Gasteiger partial charge in [-0.2, -0.15) is 0 Å². The normalized spacial score (nSPS) is 18.4. The maximum atomic E-state index is 12.6. The van der Waals surface area contributed by atoms with E-state index in [1.807, 2.05) is 42.3 Å². The van der Waals surface area contributed by atoms with Crippen LogP contribution in [0.3, 0.4) is 0 Å². The van der Waals surface area contributed by atoms with Gasteiger partial charge in [0.15, 0.2) is 5.69 Å². The Bertz CT molecular complexity index is 631. The lowest BCUT2D eigenvalue weighted by Crippen LogP contribution is -2.37. The van der Waals surface area contributed by atoms with Crippen molar-refractivity contribution >= 4 is 5.91 Å². The summed E-state index contributed by atoms with van der Waals surface area (Å²) in [6.07, 6.45) is 4.86. The lowest BCUT2D eigenvalue weighted by atomic mass is 10.1. The van der Waals surface area contributed by atoms with Crippen LogP contribution in [-0.4, -0.2) is 52.0 Å². The fourth-order valence-electron chi connectivity index (χ4n) is 2.98. The van der Waals surface area contributed by atoms with Gasteiger partial charge in [0, 0.05) is 13.1 Å². The molecule has 1 N–H and O–H groups in total. The molecule has 1 unspecified atom stereocenters. The molecule has 6 heteroatoms. The molecule has 0 aliphatic carbocycles. The fourth-order valence-corrected chi connectivity index (χ4v) is 2.98. The molecule has 1 fully saturated rings. The van der Waals surface area contributed by atoms with Crippen molar-refractivity contribution in [2.75, 3.05) is 20.1 Å². The average molecular weight is 313 g/mol. The summed E-state index contributed by atoms with van der Waals surface area (Å²) in [6, 6.07) is 10.3. The Morgan fingerprint density at radius 2 is 2.13 bits per heavy atom. The first kappa shape index (κ1) is 15.7. The van der Waals surface area contributed by atoms with Gasteiger partial charge in [-0.3, -0.25) is 4.79 Å². The largest absolute Gasteiger partial charge is 0.337 e. The number of nitrogens with zero attached hydrogens (tertiary/aromatic N) is 4. The van der Waals surface area contributed by atoms with E-state index in [-0.39, 0.29) is 11.9 Å². The molecule has 0 spiro atoms. The molecule has 2 heterocycles. The van der Waals surface area contributed by atoms with Gasteiger partial charge in [-0.15, -0.1) is 5.10 Å². The highest BCUT2D eigenvalue weighted by atomic mass is 16.2. The lowest BCUT2D eigenvalue weighted by molar-refractivity contribution is 0.0714. The maximum absolute atomic E-state index is 12.6. The van der Waals surface area contributed by atoms with Crippen LogP contribution in [0.25, 0.3) is 0 Å². The highest BCUT2D eigenvalue weighted by molar-refractivity contribution is 5.91. The monoisotopic (exact) mass is 313 g/mol. The molecule has 1 atom stereocenters. The highest BCUT2D eigenvalue weighted by Crippen LogP contribution is 2.14. The number of nitrogens with one attached hydrogen (secondary N) is 1. The number of carbonyl (C=O) groups excluding carboxylic acids is 1. The summed E-state index contributed by atoms with van der Waals surface area (Å²) in [6.45, 7) is 2.62. The number of aromatic nitrogens is 3. The van der Waals surface area contributed by atoms with Gasteiger partial charge in [-0.05, 0) is 37.9 Å². The second kappa shape index (κ2) is 7.37. The van der Waals surface area contributed by atoms with Gasteiger partial charge in [-0.25, -0.2) is 4.68 Å². The van der Waals surface area contributed by atoms with E-state index >= 15 is 0 Å². The zero-order valence-corrected chi connectivity index (χ0v) is 13.5. The molecule has 1 amide bonds. The van der Waals surface area contributed by atoms with Crippen LogP contribution in [0.1, 0.15) is 35.3 Å². The summed E-state index contributed by atoms with van der Waals surface area (Å²) in [5.74, 6) is -0.0452. The van der Waals surface area contributed by atoms with Crippen molar-refractivity contribution in [3.8, 4) is 0 Å². The van der Waals surface area contributed by atoms with E-state index in [2.05, 4.69) is 15.6 Å². The van der Waals surface area contributed by atoms with Crippen molar-refractivity contribution in [1.82, 2.24) is 25.2 Å². The van der Waals surface area contributed by atoms with Crippen molar-refractivity contribution in [3.05, 3.63) is 47.8 Å². The molecule has 1 saturated heterocycles. The van der Waals surface area contributed by atoms with Crippen LogP contribution < -0.4 is 5.32 Å². The molecule has 122 valence electrons. The lowest BCUT2D eigenvalue weighted by Gasteiger charge is -2.26. The number of benzene rings is 1. The van der Waals surface area contributed by atoms with E-state index in [0.717, 1.165) is 37.9 Å². The van der Waals surface area contributed by atoms with Crippen LogP contribution in [0.4, 0.5) is 0 Å². The number of carbonyl (C=O) groups is 1. The van der Waals surface area contributed by atoms with Gasteiger partial charge in [0.1, 0.15) is 0 Å². The minimum absolute atomic E-state index is 0.0452. The maximum Gasteiger partial charge on any atom is 0.276 e. The van der Waals surface area contributed by atoms with Crippen LogP contribution in [0.5, 0.6) is 0 Å². The zero-order valence-electron chi connectivity index (χ0n) is 13.5. The summed E-state index contributed by atoms with van der Waals surface area (Å²) in [5, 5.41) is 11.5. The van der Waals surface area contributed by atoms with E-state index in [9.17, 15) is 4.79 Å². The number of hydrogen-bond donors (Lipinski definition) is 1. The average Bonchev–Trinajstić information content (AvgIpc) is 2.87. The molecule has 1 aromatic carbocycles. The number of hydrogen-bond acceptors (Lipinski definition) is 4. The van der Waals surface area contributed by atoms with Crippen LogP contribution in [-0.2, 0) is 6.54 Å². The molecule has 1 aliphatic rings. The van der Waals surface area contributed by atoms with Crippen LogP contribution in [0.15, 0.2) is 36.5 Å². The van der Waals surface area contributed by atoms with E-state index < -0.39 is 0 Å². The van der Waals surface area contributed by atoms with E-state index in [1.165, 1.54) is 0 Å². The smallest absolute Gasteiger partial charge is 0.276 e. The summed E-state index contributed by atoms with van der Waals surface area (Å²) < 4.78 is 1.71. The van der Waals surface area contributed by atoms with Gasteiger partial charge in [0.2, 0.25) is 0 Å². The van der Waals surface area contributed by atoms with Gasteiger partial charge < -0.3 is 10.2 Å². The Morgan fingerprint density at radius 3 is 2.96 bits per heavy atom. The Balaban J connectivity index is 1.65. The van der Waals surface area contributed by atoms with Crippen molar-refractivity contribution in [2.45, 2.75) is 31.8 Å². The molecule has 0 radical (unpaired) electrons. The molecule has 0 bridgehead atoms. The van der Waals surface area contributed by atoms with Crippen molar-refractivity contribution < 1.29 is 4.79 Å². The molecular weight excluding hydrogens is 290 g/mol. The van der Waals surface area contributed by atoms with Crippen molar-refractivity contribution in [3.63, 3.8) is 0 Å². The van der Waals surface area contributed by atoms with E-state index in [0.29, 0.717) is 12.2 Å². The molecule has 6 nitrogen and oxygen atoms in total. The number of rotatable bonds is 4. The predicted molar refractivity (Wildman–Crippen MR) is 88.2 cm³/mol. The second-order valence-corrected chi connectivity index (χ2v) is 6.04. The first-order chi connectivity index (χ1) is 11.2. The summed E-state index contributed by atoms with van der Waals surface area (Å²) in [5.41, 5.74) is 1.56. The molecule has 3 rings (SSSR count). The zero-order chi connectivity index (χ0) is 16.1. The minimum atomic E-state index is -0.0452. The van der Waals surface area contributed by atoms with Crippen molar-refractivity contribution in [2.24, 2.45) is 0 Å². The second-order valence-electron chi connectivity index (χ2n) is 6.04. The van der Waals surface area contributed by atoms with Crippen molar-refractivity contribution in [1.29, 1.82) is 0 Å². The van der Waals surface area contributed by atoms with Crippen LogP contribution >= 0.6 is 0 Å². The Hall–Kier alpha value is -2.21. The SMILES string of the molecule is CN(C(=O)c1cn(Cc2ccccc2)nn1)C1CCCNCC1. The molecule has 23 heavy (non-hydrogen) atoms. The fraction of sp³-hybridized carbons (Fsp3) is 0.471. The summed E-state index contributed by atoms with van der Waals surface area (Å²) in [7, 11) is 1.87. The predicted octanol–water partition coefficient (Wildman–Crippen LogP) is 1.54.